The normalized spacial score (nSPS) is 10.6. The minimum Gasteiger partial charge on any atom is -0.463 e. The molecule has 2 aromatic heterocycles. The molecule has 0 spiro atoms. The lowest BCUT2D eigenvalue weighted by molar-refractivity contribution is -0.151. The van der Waals surface area contributed by atoms with E-state index in [2.05, 4.69) is 19.7 Å². The molecule has 0 saturated carbocycles. The smallest absolute Gasteiger partial charge is 0.374 e. The summed E-state index contributed by atoms with van der Waals surface area (Å²) in [5.74, 6) is -2.50. The summed E-state index contributed by atoms with van der Waals surface area (Å²) >= 11 is 0. The highest BCUT2D eigenvalue weighted by atomic mass is 16.5. The summed E-state index contributed by atoms with van der Waals surface area (Å²) in [5.41, 5.74) is 1.86. The van der Waals surface area contributed by atoms with Gasteiger partial charge in [-0.1, -0.05) is 30.3 Å². The number of fused-ring (bicyclic) bond motifs is 1. The van der Waals surface area contributed by atoms with Crippen LogP contribution in [-0.2, 0) is 20.9 Å². The minimum atomic E-state index is -1.06. The first-order chi connectivity index (χ1) is 12.1. The molecule has 0 saturated heterocycles. The van der Waals surface area contributed by atoms with Gasteiger partial charge in [-0.15, -0.1) is 0 Å². The molecule has 3 rings (SSSR count). The molecular formula is C17H14N4O4. The summed E-state index contributed by atoms with van der Waals surface area (Å²) in [5, 5.41) is 0. The quantitative estimate of drug-likeness (QED) is 0.288. The third-order valence-corrected chi connectivity index (χ3v) is 3.58. The number of carbonyl (C=O) groups is 3. The van der Waals surface area contributed by atoms with E-state index in [4.69, 9.17) is 0 Å². The number of Topliss-reactive ketones (excluding diaryl/α,β-unsaturated/α-hetero) is 2. The third-order valence-electron chi connectivity index (χ3n) is 3.58. The van der Waals surface area contributed by atoms with Crippen molar-refractivity contribution in [2.24, 2.45) is 0 Å². The molecule has 126 valence electrons. The zero-order valence-electron chi connectivity index (χ0n) is 13.4. The zero-order chi connectivity index (χ0) is 17.8. The Hall–Kier alpha value is -3.42. The first-order valence-corrected chi connectivity index (χ1v) is 7.44. The van der Waals surface area contributed by atoms with Crippen LogP contribution in [-0.4, -0.2) is 44.2 Å². The van der Waals surface area contributed by atoms with Crippen LogP contribution in [0, 0.1) is 0 Å². The molecular weight excluding hydrogens is 324 g/mol. The number of ketones is 2. The van der Waals surface area contributed by atoms with Crippen molar-refractivity contribution in [3.8, 4) is 0 Å². The molecule has 8 nitrogen and oxygen atoms in total. The second-order valence-electron chi connectivity index (χ2n) is 5.25. The van der Waals surface area contributed by atoms with E-state index in [0.717, 1.165) is 12.7 Å². The lowest BCUT2D eigenvalue weighted by Crippen LogP contribution is -2.21. The number of aromatic nitrogens is 4. The van der Waals surface area contributed by atoms with E-state index in [-0.39, 0.29) is 5.82 Å². The Morgan fingerprint density at radius 3 is 2.64 bits per heavy atom. The van der Waals surface area contributed by atoms with Crippen LogP contribution in [0.5, 0.6) is 0 Å². The Bertz CT molecular complexity index is 950. The Kier molecular flexibility index (Phi) is 4.60. The van der Waals surface area contributed by atoms with Gasteiger partial charge < -0.3 is 9.30 Å². The average Bonchev–Trinajstić information content (AvgIpc) is 3.00. The van der Waals surface area contributed by atoms with Crippen molar-refractivity contribution < 1.29 is 19.1 Å². The van der Waals surface area contributed by atoms with Gasteiger partial charge in [-0.2, -0.15) is 0 Å². The fraction of sp³-hybridized carbons (Fsp3) is 0.176. The summed E-state index contributed by atoms with van der Waals surface area (Å²) in [7, 11) is 1.09. The lowest BCUT2D eigenvalue weighted by Gasteiger charge is -2.07. The molecule has 8 heteroatoms. The Labute approximate surface area is 142 Å². The van der Waals surface area contributed by atoms with Gasteiger partial charge in [0.1, 0.15) is 11.8 Å². The second-order valence-corrected chi connectivity index (χ2v) is 5.25. The van der Waals surface area contributed by atoms with Gasteiger partial charge in [0, 0.05) is 0 Å². The number of hydrogen-bond donors (Lipinski definition) is 0. The van der Waals surface area contributed by atoms with Gasteiger partial charge >= 0.3 is 5.97 Å². The molecule has 0 unspecified atom stereocenters. The largest absolute Gasteiger partial charge is 0.463 e. The molecule has 0 aliphatic rings. The van der Waals surface area contributed by atoms with Crippen LogP contribution in [0.1, 0.15) is 22.6 Å². The topological polar surface area (TPSA) is 104 Å². The highest BCUT2D eigenvalue weighted by molar-refractivity contribution is 6.37. The summed E-state index contributed by atoms with van der Waals surface area (Å²) in [6.45, 7) is 0.349. The molecule has 0 radical (unpaired) electrons. The summed E-state index contributed by atoms with van der Waals surface area (Å²) < 4.78 is 5.95. The summed E-state index contributed by atoms with van der Waals surface area (Å²) in [4.78, 5) is 47.7. The highest BCUT2D eigenvalue weighted by Crippen LogP contribution is 2.16. The fourth-order valence-corrected chi connectivity index (χ4v) is 2.42. The van der Waals surface area contributed by atoms with Crippen molar-refractivity contribution in [2.75, 3.05) is 7.11 Å². The van der Waals surface area contributed by atoms with Gasteiger partial charge in [-0.3, -0.25) is 9.59 Å². The van der Waals surface area contributed by atoms with Gasteiger partial charge in [0.2, 0.25) is 11.6 Å². The van der Waals surface area contributed by atoms with Crippen LogP contribution in [0.4, 0.5) is 0 Å². The molecule has 0 aliphatic carbocycles. The number of imidazole rings is 1. The number of ether oxygens (including phenoxy) is 1. The van der Waals surface area contributed by atoms with Crippen LogP contribution in [0.25, 0.3) is 11.2 Å². The maximum Gasteiger partial charge on any atom is 0.374 e. The number of methoxy groups -OCH3 is 1. The Morgan fingerprint density at radius 1 is 1.16 bits per heavy atom. The molecule has 0 N–H and O–H groups in total. The Balaban J connectivity index is 1.99. The number of carbonyl (C=O) groups excluding carboxylic acids is 3. The molecule has 1 aromatic carbocycles. The average molecular weight is 338 g/mol. The molecule has 0 aliphatic heterocycles. The van der Waals surface area contributed by atoms with E-state index in [1.54, 1.807) is 4.57 Å². The fourth-order valence-electron chi connectivity index (χ4n) is 2.42. The number of benzene rings is 1. The van der Waals surface area contributed by atoms with E-state index in [1.807, 2.05) is 30.3 Å². The van der Waals surface area contributed by atoms with E-state index < -0.39 is 24.0 Å². The van der Waals surface area contributed by atoms with E-state index in [9.17, 15) is 14.4 Å². The number of esters is 1. The van der Waals surface area contributed by atoms with Crippen molar-refractivity contribution in [2.45, 2.75) is 13.0 Å². The number of rotatable bonds is 6. The summed E-state index contributed by atoms with van der Waals surface area (Å²) in [6.07, 6.45) is 2.24. The summed E-state index contributed by atoms with van der Waals surface area (Å²) in [6, 6.07) is 9.46. The molecule has 3 aromatic rings. The maximum atomic E-state index is 12.5. The molecule has 2 heterocycles. The number of hydrogen-bond acceptors (Lipinski definition) is 7. The first kappa shape index (κ1) is 16.4. The van der Waals surface area contributed by atoms with Crippen molar-refractivity contribution in [1.29, 1.82) is 0 Å². The van der Waals surface area contributed by atoms with E-state index in [0.29, 0.717) is 17.7 Å². The van der Waals surface area contributed by atoms with Gasteiger partial charge in [0.25, 0.3) is 0 Å². The molecule has 0 atom stereocenters. The predicted octanol–water partition coefficient (Wildman–Crippen LogP) is 1.19. The maximum absolute atomic E-state index is 12.5. The minimum absolute atomic E-state index is 0.0524. The first-order valence-electron chi connectivity index (χ1n) is 7.44. The van der Waals surface area contributed by atoms with Gasteiger partial charge in [-0.05, 0) is 5.56 Å². The van der Waals surface area contributed by atoms with Crippen molar-refractivity contribution in [3.05, 3.63) is 54.2 Å². The highest BCUT2D eigenvalue weighted by Gasteiger charge is 2.24. The van der Waals surface area contributed by atoms with Gasteiger partial charge in [0.05, 0.1) is 26.3 Å². The monoisotopic (exact) mass is 338 g/mol. The molecule has 0 bridgehead atoms. The van der Waals surface area contributed by atoms with Crippen molar-refractivity contribution >= 4 is 28.7 Å². The lowest BCUT2D eigenvalue weighted by atomic mass is 10.2. The van der Waals surface area contributed by atoms with Crippen molar-refractivity contribution in [1.82, 2.24) is 19.5 Å². The number of nitrogens with zero attached hydrogens (tertiary/aromatic N) is 4. The van der Waals surface area contributed by atoms with Crippen molar-refractivity contribution in [3.63, 3.8) is 0 Å². The molecule has 0 fully saturated rings. The standard InChI is InChI=1S/C17H14N4O4/c1-25-17(24)14(23)7-13(22)16-20-12-8-18-10-19-15(12)21(16)9-11-5-3-2-4-6-11/h2-6,8,10H,7,9H2,1H3. The van der Waals surface area contributed by atoms with Gasteiger partial charge in [-0.25, -0.2) is 19.7 Å². The Morgan fingerprint density at radius 2 is 1.92 bits per heavy atom. The zero-order valence-corrected chi connectivity index (χ0v) is 13.4. The predicted molar refractivity (Wildman–Crippen MR) is 86.8 cm³/mol. The second kappa shape index (κ2) is 7.00. The SMILES string of the molecule is COC(=O)C(=O)CC(=O)c1nc2cncnc2n1Cc1ccccc1. The van der Waals surface area contributed by atoms with Gasteiger partial charge in [0.15, 0.2) is 11.5 Å². The van der Waals surface area contributed by atoms with Crippen LogP contribution in [0.3, 0.4) is 0 Å². The molecule has 25 heavy (non-hydrogen) atoms. The van der Waals surface area contributed by atoms with E-state index >= 15 is 0 Å². The van der Waals surface area contributed by atoms with Crippen LogP contribution < -0.4 is 0 Å². The van der Waals surface area contributed by atoms with E-state index in [1.165, 1.54) is 12.5 Å². The third kappa shape index (κ3) is 3.42. The van der Waals surface area contributed by atoms with Crippen LogP contribution >= 0.6 is 0 Å². The van der Waals surface area contributed by atoms with Crippen LogP contribution in [0.15, 0.2) is 42.9 Å². The van der Waals surface area contributed by atoms with Crippen LogP contribution in [0.2, 0.25) is 0 Å². The molecule has 0 amide bonds.